The summed E-state index contributed by atoms with van der Waals surface area (Å²) in [5.41, 5.74) is 2.63. The number of rotatable bonds is 3. The number of hydrogen-bond donors (Lipinski definition) is 2. The Hall–Kier alpha value is -2.82. The van der Waals surface area contributed by atoms with Gasteiger partial charge in [-0.2, -0.15) is 5.10 Å². The number of aromatic amines is 1. The summed E-state index contributed by atoms with van der Waals surface area (Å²) in [6.45, 7) is 0. The van der Waals surface area contributed by atoms with Crippen LogP contribution in [0.2, 0.25) is 0 Å². The van der Waals surface area contributed by atoms with Crippen molar-refractivity contribution in [3.05, 3.63) is 60.6 Å². The SMILES string of the molecule is O=C(O)c1cc(-c2ccc(-n3cccc3)cc2)n[nH]1. The van der Waals surface area contributed by atoms with E-state index in [2.05, 4.69) is 10.2 Å². The summed E-state index contributed by atoms with van der Waals surface area (Å²) in [5, 5.41) is 15.3. The fourth-order valence-corrected chi connectivity index (χ4v) is 1.89. The van der Waals surface area contributed by atoms with Gasteiger partial charge in [0, 0.05) is 23.6 Å². The largest absolute Gasteiger partial charge is 0.477 e. The van der Waals surface area contributed by atoms with Gasteiger partial charge >= 0.3 is 5.97 Å². The van der Waals surface area contributed by atoms with Crippen molar-refractivity contribution in [1.29, 1.82) is 0 Å². The molecule has 0 bridgehead atoms. The van der Waals surface area contributed by atoms with E-state index in [0.717, 1.165) is 11.3 Å². The quantitative estimate of drug-likeness (QED) is 0.753. The first-order valence-corrected chi connectivity index (χ1v) is 5.76. The van der Waals surface area contributed by atoms with Gasteiger partial charge in [-0.15, -0.1) is 0 Å². The molecule has 0 fully saturated rings. The molecule has 2 aromatic heterocycles. The lowest BCUT2D eigenvalue weighted by atomic mass is 10.1. The van der Waals surface area contributed by atoms with Crippen molar-refractivity contribution in [2.24, 2.45) is 0 Å². The van der Waals surface area contributed by atoms with Crippen LogP contribution in [-0.2, 0) is 0 Å². The predicted molar refractivity (Wildman–Crippen MR) is 70.3 cm³/mol. The lowest BCUT2D eigenvalue weighted by Gasteiger charge is -2.03. The van der Waals surface area contributed by atoms with Gasteiger partial charge in [0.15, 0.2) is 0 Å². The number of benzene rings is 1. The zero-order valence-corrected chi connectivity index (χ0v) is 9.95. The van der Waals surface area contributed by atoms with E-state index in [1.165, 1.54) is 6.07 Å². The molecule has 19 heavy (non-hydrogen) atoms. The van der Waals surface area contributed by atoms with Crippen molar-refractivity contribution >= 4 is 5.97 Å². The van der Waals surface area contributed by atoms with Crippen LogP contribution in [0.4, 0.5) is 0 Å². The Kier molecular flexibility index (Phi) is 2.64. The first kappa shape index (κ1) is 11.3. The average Bonchev–Trinajstić information content (AvgIpc) is 3.11. The van der Waals surface area contributed by atoms with Gasteiger partial charge < -0.3 is 9.67 Å². The maximum absolute atomic E-state index is 10.8. The van der Waals surface area contributed by atoms with Gasteiger partial charge in [-0.25, -0.2) is 4.79 Å². The van der Waals surface area contributed by atoms with E-state index in [0.29, 0.717) is 5.69 Å². The van der Waals surface area contributed by atoms with Crippen molar-refractivity contribution in [3.8, 4) is 16.9 Å². The third kappa shape index (κ3) is 2.13. The molecule has 0 aliphatic heterocycles. The third-order valence-electron chi connectivity index (χ3n) is 2.87. The molecule has 0 amide bonds. The van der Waals surface area contributed by atoms with Crippen molar-refractivity contribution in [2.45, 2.75) is 0 Å². The summed E-state index contributed by atoms with van der Waals surface area (Å²) in [4.78, 5) is 10.8. The molecule has 0 unspecified atom stereocenters. The lowest BCUT2D eigenvalue weighted by Crippen LogP contribution is -1.95. The van der Waals surface area contributed by atoms with Gasteiger partial charge in [0.2, 0.25) is 0 Å². The highest BCUT2D eigenvalue weighted by atomic mass is 16.4. The zero-order valence-electron chi connectivity index (χ0n) is 9.95. The molecule has 3 aromatic rings. The second-order valence-corrected chi connectivity index (χ2v) is 4.11. The van der Waals surface area contributed by atoms with Crippen molar-refractivity contribution in [2.75, 3.05) is 0 Å². The maximum Gasteiger partial charge on any atom is 0.353 e. The summed E-state index contributed by atoms with van der Waals surface area (Å²) in [7, 11) is 0. The number of carbonyl (C=O) groups is 1. The minimum Gasteiger partial charge on any atom is -0.477 e. The van der Waals surface area contributed by atoms with Crippen LogP contribution in [0, 0.1) is 0 Å². The van der Waals surface area contributed by atoms with Gasteiger partial charge in [0.25, 0.3) is 0 Å². The van der Waals surface area contributed by atoms with Gasteiger partial charge in [-0.3, -0.25) is 5.10 Å². The van der Waals surface area contributed by atoms with Crippen LogP contribution in [0.15, 0.2) is 54.9 Å². The number of hydrogen-bond acceptors (Lipinski definition) is 2. The number of aromatic carboxylic acids is 1. The smallest absolute Gasteiger partial charge is 0.353 e. The fourth-order valence-electron chi connectivity index (χ4n) is 1.89. The first-order valence-electron chi connectivity index (χ1n) is 5.76. The Labute approximate surface area is 109 Å². The number of H-pyrrole nitrogens is 1. The van der Waals surface area contributed by atoms with Crippen molar-refractivity contribution in [1.82, 2.24) is 14.8 Å². The van der Waals surface area contributed by atoms with Crippen LogP contribution in [0.3, 0.4) is 0 Å². The molecule has 0 saturated carbocycles. The van der Waals surface area contributed by atoms with E-state index in [1.807, 2.05) is 53.4 Å². The molecule has 0 saturated heterocycles. The molecule has 94 valence electrons. The lowest BCUT2D eigenvalue weighted by molar-refractivity contribution is 0.0690. The summed E-state index contributed by atoms with van der Waals surface area (Å²) in [5.74, 6) is -1.01. The molecule has 0 atom stereocenters. The number of aromatic nitrogens is 3. The van der Waals surface area contributed by atoms with Crippen LogP contribution < -0.4 is 0 Å². The Balaban J connectivity index is 1.91. The summed E-state index contributed by atoms with van der Waals surface area (Å²) >= 11 is 0. The van der Waals surface area contributed by atoms with E-state index in [4.69, 9.17) is 5.11 Å². The highest BCUT2D eigenvalue weighted by Gasteiger charge is 2.09. The van der Waals surface area contributed by atoms with E-state index < -0.39 is 5.97 Å². The summed E-state index contributed by atoms with van der Waals surface area (Å²) < 4.78 is 2.00. The molecule has 2 heterocycles. The molecular formula is C14H11N3O2. The standard InChI is InChI=1S/C14H11N3O2/c18-14(19)13-9-12(15-16-13)10-3-5-11(6-4-10)17-7-1-2-8-17/h1-9H,(H,15,16)(H,18,19). The molecule has 0 aliphatic rings. The summed E-state index contributed by atoms with van der Waals surface area (Å²) in [6, 6.07) is 13.2. The topological polar surface area (TPSA) is 70.9 Å². The van der Waals surface area contributed by atoms with Crippen LogP contribution in [0.1, 0.15) is 10.5 Å². The van der Waals surface area contributed by atoms with E-state index in [-0.39, 0.29) is 5.69 Å². The molecule has 5 nitrogen and oxygen atoms in total. The Morgan fingerprint density at radius 3 is 2.42 bits per heavy atom. The fraction of sp³-hybridized carbons (Fsp3) is 0. The van der Waals surface area contributed by atoms with E-state index in [9.17, 15) is 4.79 Å². The van der Waals surface area contributed by atoms with Crippen molar-refractivity contribution in [3.63, 3.8) is 0 Å². The predicted octanol–water partition coefficient (Wildman–Crippen LogP) is 2.57. The Morgan fingerprint density at radius 2 is 1.84 bits per heavy atom. The normalized spacial score (nSPS) is 10.5. The monoisotopic (exact) mass is 253 g/mol. The Bertz CT molecular complexity index is 697. The summed E-state index contributed by atoms with van der Waals surface area (Å²) in [6.07, 6.45) is 3.93. The maximum atomic E-state index is 10.8. The van der Waals surface area contributed by atoms with Gasteiger partial charge in [0.1, 0.15) is 5.69 Å². The Morgan fingerprint density at radius 1 is 1.16 bits per heavy atom. The van der Waals surface area contributed by atoms with Crippen molar-refractivity contribution < 1.29 is 9.90 Å². The second-order valence-electron chi connectivity index (χ2n) is 4.11. The minimum absolute atomic E-state index is 0.0875. The number of nitrogens with zero attached hydrogens (tertiary/aromatic N) is 2. The van der Waals surface area contributed by atoms with Crippen LogP contribution in [0.5, 0.6) is 0 Å². The minimum atomic E-state index is -1.01. The molecule has 3 rings (SSSR count). The highest BCUT2D eigenvalue weighted by molar-refractivity contribution is 5.86. The molecule has 0 aliphatic carbocycles. The molecule has 2 N–H and O–H groups in total. The van der Waals surface area contributed by atoms with Gasteiger partial charge in [0.05, 0.1) is 5.69 Å². The van der Waals surface area contributed by atoms with Crippen LogP contribution >= 0.6 is 0 Å². The van der Waals surface area contributed by atoms with E-state index in [1.54, 1.807) is 0 Å². The highest BCUT2D eigenvalue weighted by Crippen LogP contribution is 2.19. The first-order chi connectivity index (χ1) is 9.24. The molecule has 0 radical (unpaired) electrons. The number of nitrogens with one attached hydrogen (secondary N) is 1. The third-order valence-corrected chi connectivity index (χ3v) is 2.87. The second kappa shape index (κ2) is 4.45. The molecule has 5 heteroatoms. The van der Waals surface area contributed by atoms with Gasteiger partial charge in [-0.05, 0) is 30.3 Å². The average molecular weight is 253 g/mol. The number of carboxylic acids is 1. The molecule has 1 aromatic carbocycles. The van der Waals surface area contributed by atoms with Gasteiger partial charge in [-0.1, -0.05) is 12.1 Å². The number of carboxylic acid groups (broad SMARTS) is 1. The molecule has 0 spiro atoms. The van der Waals surface area contributed by atoms with Crippen LogP contribution in [-0.4, -0.2) is 25.8 Å². The molecular weight excluding hydrogens is 242 g/mol. The zero-order chi connectivity index (χ0) is 13.2. The van der Waals surface area contributed by atoms with E-state index >= 15 is 0 Å². The van der Waals surface area contributed by atoms with Crippen LogP contribution in [0.25, 0.3) is 16.9 Å².